The van der Waals surface area contributed by atoms with Gasteiger partial charge in [-0.2, -0.15) is 4.31 Å². The number of nitrogens with zero attached hydrogens (tertiary/aromatic N) is 18. The Hall–Kier alpha value is -17.8. The number of anilines is 6. The summed E-state index contributed by atoms with van der Waals surface area (Å²) in [6.45, 7) is 2.62. The van der Waals surface area contributed by atoms with Crippen molar-refractivity contribution >= 4 is 144 Å². The van der Waals surface area contributed by atoms with Crippen molar-refractivity contribution < 1.29 is 81.9 Å². The molecule has 6 amide bonds. The highest BCUT2D eigenvalue weighted by molar-refractivity contribution is 9.10. The zero-order valence-corrected chi connectivity index (χ0v) is 81.1. The van der Waals surface area contributed by atoms with Crippen LogP contribution in [0.2, 0.25) is 20.1 Å². The van der Waals surface area contributed by atoms with Gasteiger partial charge in [0.2, 0.25) is 22.0 Å². The van der Waals surface area contributed by atoms with Gasteiger partial charge in [-0.1, -0.05) is 184 Å². The van der Waals surface area contributed by atoms with Crippen LogP contribution in [0, 0.1) is 11.6 Å². The largest absolute Gasteiger partial charge is 0.485 e. The first-order chi connectivity index (χ1) is 71.3. The van der Waals surface area contributed by atoms with Crippen LogP contribution in [0.15, 0.2) is 340 Å². The van der Waals surface area contributed by atoms with Crippen molar-refractivity contribution in [3.63, 3.8) is 0 Å². The van der Waals surface area contributed by atoms with Crippen LogP contribution < -0.4 is 41.4 Å². The third-order valence-corrected chi connectivity index (χ3v) is 23.8. The maximum Gasteiger partial charge on any atom is 0.322 e. The fourth-order valence-corrected chi connectivity index (χ4v) is 16.6. The first-order valence-corrected chi connectivity index (χ1v) is 47.3. The lowest BCUT2D eigenvalue weighted by Gasteiger charge is -2.32. The van der Waals surface area contributed by atoms with Gasteiger partial charge in [-0.05, 0) is 207 Å². The van der Waals surface area contributed by atoms with Crippen LogP contribution in [0.4, 0.5) is 44.9 Å². The van der Waals surface area contributed by atoms with E-state index in [0.717, 1.165) is 58.6 Å². The third kappa shape index (κ3) is 27.8. The smallest absolute Gasteiger partial charge is 0.322 e. The van der Waals surface area contributed by atoms with Crippen molar-refractivity contribution in [2.24, 2.45) is 0 Å². The molecule has 0 radical (unpaired) electrons. The monoisotopic (exact) mass is 2140 g/mol. The second-order valence-electron chi connectivity index (χ2n) is 30.6. The summed E-state index contributed by atoms with van der Waals surface area (Å²) in [5.41, 5.74) is 6.11. The van der Waals surface area contributed by atoms with Crippen molar-refractivity contribution in [3.05, 3.63) is 380 Å². The van der Waals surface area contributed by atoms with Crippen molar-refractivity contribution in [3.8, 4) is 80.3 Å². The summed E-state index contributed by atoms with van der Waals surface area (Å²) in [6, 6.07) is 71.8. The Morgan fingerprint density at radius 1 is 0.367 bits per heavy atom. The number of rotatable bonds is 21. The lowest BCUT2D eigenvalue weighted by atomic mass is 10.0. The molecular formula is C99H71BrCl4F2N24O16S. The number of hydrogen-bond donors (Lipinski definition) is 6. The first kappa shape index (κ1) is 102. The Balaban J connectivity index is 0.000000127. The zero-order valence-electron chi connectivity index (χ0n) is 75.7. The number of piperidine rings is 1. The Kier molecular flexibility index (Phi) is 33.9. The predicted molar refractivity (Wildman–Crippen MR) is 534 cm³/mol. The van der Waals surface area contributed by atoms with Gasteiger partial charge in [0.15, 0.2) is 11.5 Å². The van der Waals surface area contributed by atoms with E-state index in [9.17, 15) is 46.0 Å². The average molecular weight is 2140 g/mol. The molecule has 11 aromatic heterocycles. The number of nitrogens with one attached hydrogen (secondary N) is 6. The normalized spacial score (nSPS) is 12.8. The molecule has 19 aromatic rings. The quantitative estimate of drug-likeness (QED) is 0.0389. The molecule has 2 atom stereocenters. The molecule has 21 rings (SSSR count). The third-order valence-electron chi connectivity index (χ3n) is 20.4. The van der Waals surface area contributed by atoms with E-state index in [1.807, 2.05) is 73.7 Å². The van der Waals surface area contributed by atoms with E-state index in [4.69, 9.17) is 82.4 Å². The summed E-state index contributed by atoms with van der Waals surface area (Å²) in [7, 11) is -3.61. The summed E-state index contributed by atoms with van der Waals surface area (Å²) >= 11 is 26.7. The number of amides is 6. The molecule has 0 spiro atoms. The van der Waals surface area contributed by atoms with Gasteiger partial charge in [0.1, 0.15) is 40.9 Å². The van der Waals surface area contributed by atoms with Crippen molar-refractivity contribution in [2.45, 2.75) is 43.2 Å². The number of halogens is 7. The Bertz CT molecular complexity index is 7730. The molecule has 1 fully saturated rings. The number of fused-ring (bicyclic) bond motifs is 1. The maximum atomic E-state index is 13.5. The fraction of sp³-hybridized carbons (Fsp3) is 0.0808. The van der Waals surface area contributed by atoms with Gasteiger partial charge >= 0.3 is 36.1 Å². The summed E-state index contributed by atoms with van der Waals surface area (Å²) in [5, 5.41) is 61.9. The van der Waals surface area contributed by atoms with Crippen molar-refractivity contribution in [2.75, 3.05) is 45.1 Å². The molecule has 48 heteroatoms. The molecule has 147 heavy (non-hydrogen) atoms. The molecule has 0 saturated carbocycles. The van der Waals surface area contributed by atoms with Crippen LogP contribution in [-0.4, -0.2) is 153 Å². The van der Waals surface area contributed by atoms with E-state index < -0.39 is 57.0 Å². The van der Waals surface area contributed by atoms with E-state index in [1.165, 1.54) is 71.2 Å². The lowest BCUT2D eigenvalue weighted by molar-refractivity contribution is 0.0716. The number of carbonyl (C=O) groups is 6. The number of para-hydroxylation sites is 2. The van der Waals surface area contributed by atoms with Crippen LogP contribution in [0.3, 0.4) is 0 Å². The number of sulfonamides is 1. The standard InChI is InChI=1S/C23H24N4O6S.C20H14N4O2.C14H9BrN4O2.2C14H8Cl2N4O2.C14H8F2N4O2/c1-15-6-4-5-13-27(15)34(29,30)17-11-9-16(10-12-17)21(28)24-23-26-25-22(33-23)20-14-31-18-7-2-3-8-19(18)32-20;25-18(16-8-6-15(7-9-16)14-4-2-1-3-5-14)22-20-24-23-19(26-20)17-10-12-21-13-11-17;15-10-5-3-4-9(8-10)12(20)17-14-19-18-13(21-14)11-6-1-2-7-16-11;15-10-4-9(5-11(16)6-10)12(21)18-14-20-19-13(22-14)8-2-1-3-17-7-8;15-9-5-8(6-10(16)7-9)12(21)18-14-20-19-13(22-14)11-3-1-2-4-17-11;15-8-4-3-5-9(16)11(8)12(21)18-14-20-19-13(22-14)10-6-1-2-7-17-10/h2-3,7-12,15,20H,4-6,13-14H2,1H3,(H,24,26,28);1-13H,(H,22,24,25);1-8H,(H,17,19,20);3*1-7H,(H,18,20,21). The van der Waals surface area contributed by atoms with Crippen molar-refractivity contribution in [1.29, 1.82) is 0 Å². The maximum absolute atomic E-state index is 13.5. The van der Waals surface area contributed by atoms with Gasteiger partial charge in [0.05, 0.1) is 10.5 Å². The van der Waals surface area contributed by atoms with Gasteiger partial charge in [-0.15, -0.1) is 30.6 Å². The SMILES string of the molecule is CC1CCCCN1S(=O)(=O)c1ccc(C(=O)Nc2nnc(C3COc4ccccc4O3)o2)cc1.O=C(Nc1nnc(-c2ccccn2)o1)c1c(F)cccc1F.O=C(Nc1nnc(-c2ccccn2)o1)c1cc(Cl)cc(Cl)c1.O=C(Nc1nnc(-c2ccccn2)o1)c1cccc(Br)c1.O=C(Nc1nnc(-c2cccnc2)o1)c1cc(Cl)cc(Cl)c1.O=C(Nc1nnc(-c2ccncc2)o1)c1ccc(-c2ccccc2)cc1. The fourth-order valence-electron chi connectivity index (χ4n) is 13.4. The van der Waals surface area contributed by atoms with Crippen molar-refractivity contribution in [1.82, 2.24) is 90.4 Å². The minimum absolute atomic E-state index is 0.0278. The molecule has 738 valence electrons. The second-order valence-corrected chi connectivity index (χ2v) is 35.1. The highest BCUT2D eigenvalue weighted by Gasteiger charge is 2.33. The molecule has 2 unspecified atom stereocenters. The summed E-state index contributed by atoms with van der Waals surface area (Å²) < 4.78 is 99.0. The van der Waals surface area contributed by atoms with Crippen LogP contribution >= 0.6 is 62.3 Å². The number of ether oxygens (including phenoxy) is 2. The highest BCUT2D eigenvalue weighted by Crippen LogP contribution is 2.37. The lowest BCUT2D eigenvalue weighted by Crippen LogP contribution is -2.41. The van der Waals surface area contributed by atoms with Crippen LogP contribution in [0.1, 0.15) is 100 Å². The molecule has 2 aliphatic heterocycles. The Labute approximate surface area is 858 Å². The van der Waals surface area contributed by atoms with E-state index >= 15 is 0 Å². The Morgan fingerprint density at radius 2 is 0.789 bits per heavy atom. The molecule has 0 aliphatic carbocycles. The molecule has 8 aromatic carbocycles. The summed E-state index contributed by atoms with van der Waals surface area (Å²) in [5.74, 6) is -2.56. The molecule has 40 nitrogen and oxygen atoms in total. The molecule has 0 bridgehead atoms. The molecular weight excluding hydrogens is 2070 g/mol. The van der Waals surface area contributed by atoms with E-state index in [0.29, 0.717) is 83.4 Å². The molecule has 2 aliphatic rings. The minimum atomic E-state index is -3.61. The summed E-state index contributed by atoms with van der Waals surface area (Å²) in [6.07, 6.45) is 13.3. The Morgan fingerprint density at radius 3 is 1.27 bits per heavy atom. The highest BCUT2D eigenvalue weighted by atomic mass is 79.9. The topological polar surface area (TPSA) is 528 Å². The number of carbonyl (C=O) groups excluding carboxylic acids is 6. The second kappa shape index (κ2) is 48.8. The molecule has 13 heterocycles. The zero-order chi connectivity index (χ0) is 103. The minimum Gasteiger partial charge on any atom is -0.485 e. The van der Waals surface area contributed by atoms with Gasteiger partial charge in [0, 0.05) is 114 Å². The molecule has 1 saturated heterocycles. The van der Waals surface area contributed by atoms with E-state index in [-0.39, 0.29) is 106 Å². The number of pyridine rings is 5. The van der Waals surface area contributed by atoms with Crippen LogP contribution in [0.25, 0.3) is 68.8 Å². The predicted octanol–water partition coefficient (Wildman–Crippen LogP) is 20.6. The number of benzene rings is 8. The summed E-state index contributed by atoms with van der Waals surface area (Å²) in [4.78, 5) is 93.3. The van der Waals surface area contributed by atoms with Gasteiger partial charge in [0.25, 0.3) is 64.9 Å². The van der Waals surface area contributed by atoms with Gasteiger partial charge in [-0.3, -0.25) is 85.6 Å². The van der Waals surface area contributed by atoms with E-state index in [2.05, 4.69) is 134 Å². The van der Waals surface area contributed by atoms with Gasteiger partial charge < -0.3 is 36.0 Å². The first-order valence-electron chi connectivity index (χ1n) is 43.5. The average Bonchev–Trinajstić information content (AvgIpc) is 1.21. The van der Waals surface area contributed by atoms with Crippen LogP contribution in [-0.2, 0) is 10.0 Å². The van der Waals surface area contributed by atoms with E-state index in [1.54, 1.807) is 152 Å². The van der Waals surface area contributed by atoms with Crippen LogP contribution in [0.5, 0.6) is 11.5 Å². The number of aromatic nitrogens is 17. The van der Waals surface area contributed by atoms with Gasteiger partial charge in [-0.25, -0.2) is 17.2 Å². The number of hydrogen-bond acceptors (Lipinski definition) is 33. The molecule has 6 N–H and O–H groups in total.